The van der Waals surface area contributed by atoms with Gasteiger partial charge in [-0.25, -0.2) is 8.42 Å². The van der Waals surface area contributed by atoms with Gasteiger partial charge in [0.1, 0.15) is 10.1 Å². The molecule has 0 heterocycles. The van der Waals surface area contributed by atoms with Crippen LogP contribution in [-0.4, -0.2) is 13.0 Å². The third-order valence-electron chi connectivity index (χ3n) is 1.29. The summed E-state index contributed by atoms with van der Waals surface area (Å²) in [5, 5.41) is 0. The fourth-order valence-electron chi connectivity index (χ4n) is 0.741. The normalized spacial score (nSPS) is 10.3. The SMILES string of the molecule is NNc1cccc(S(=O)(=O)[O-])c1.[K+]. The standard InChI is InChI=1S/C6H8N2O3S.K/c7-8-5-2-1-3-6(4-5)12(9,10)11;/h1-4,8H,7H2,(H,9,10,11);/q;+1/p-1. The van der Waals surface area contributed by atoms with Crippen molar-refractivity contribution in [1.29, 1.82) is 0 Å². The minimum Gasteiger partial charge on any atom is -0.744 e. The number of nitrogen functional groups attached to an aromatic ring is 1. The van der Waals surface area contributed by atoms with Gasteiger partial charge >= 0.3 is 51.4 Å². The van der Waals surface area contributed by atoms with Crippen LogP contribution in [0.25, 0.3) is 0 Å². The van der Waals surface area contributed by atoms with Crippen LogP contribution in [0.3, 0.4) is 0 Å². The van der Waals surface area contributed by atoms with Gasteiger partial charge in [0.2, 0.25) is 0 Å². The van der Waals surface area contributed by atoms with Crippen molar-refractivity contribution < 1.29 is 64.4 Å². The smallest absolute Gasteiger partial charge is 0.744 e. The van der Waals surface area contributed by atoms with Gasteiger partial charge in [-0.15, -0.1) is 0 Å². The van der Waals surface area contributed by atoms with Gasteiger partial charge in [-0.05, 0) is 18.2 Å². The number of nitrogens with one attached hydrogen (secondary N) is 1. The summed E-state index contributed by atoms with van der Waals surface area (Å²) in [5.74, 6) is 5.02. The van der Waals surface area contributed by atoms with Crippen molar-refractivity contribution in [3.63, 3.8) is 0 Å². The minimum absolute atomic E-state index is 0. The first-order valence-corrected chi connectivity index (χ1v) is 4.47. The monoisotopic (exact) mass is 226 g/mol. The Morgan fingerprint density at radius 3 is 2.46 bits per heavy atom. The number of hydrogen-bond donors (Lipinski definition) is 2. The van der Waals surface area contributed by atoms with Crippen LogP contribution in [-0.2, 0) is 10.1 Å². The second-order valence-corrected chi connectivity index (χ2v) is 3.51. The molecule has 1 rings (SSSR count). The Morgan fingerprint density at radius 2 is 2.00 bits per heavy atom. The molecule has 1 aromatic carbocycles. The fourth-order valence-corrected chi connectivity index (χ4v) is 1.26. The van der Waals surface area contributed by atoms with E-state index in [1.54, 1.807) is 6.07 Å². The number of hydrogen-bond acceptors (Lipinski definition) is 5. The van der Waals surface area contributed by atoms with Crippen LogP contribution in [0.2, 0.25) is 0 Å². The molecule has 5 nitrogen and oxygen atoms in total. The number of hydrazine groups is 1. The molecule has 66 valence electrons. The number of anilines is 1. The van der Waals surface area contributed by atoms with Gasteiger partial charge in [0, 0.05) is 5.69 Å². The van der Waals surface area contributed by atoms with E-state index >= 15 is 0 Å². The van der Waals surface area contributed by atoms with Crippen LogP contribution in [0, 0.1) is 0 Å². The molecular weight excluding hydrogens is 219 g/mol. The summed E-state index contributed by atoms with van der Waals surface area (Å²) >= 11 is 0. The van der Waals surface area contributed by atoms with Crippen molar-refractivity contribution in [2.24, 2.45) is 5.84 Å². The quantitative estimate of drug-likeness (QED) is 0.241. The predicted molar refractivity (Wildman–Crippen MR) is 42.2 cm³/mol. The van der Waals surface area contributed by atoms with E-state index in [1.165, 1.54) is 18.2 Å². The maximum Gasteiger partial charge on any atom is 1.00 e. The molecular formula is C6H7KN2O3S. The van der Waals surface area contributed by atoms with Gasteiger partial charge in [0.15, 0.2) is 0 Å². The predicted octanol–water partition coefficient (Wildman–Crippen LogP) is -3.12. The molecule has 13 heavy (non-hydrogen) atoms. The molecule has 0 saturated carbocycles. The Bertz CT molecular complexity index is 379. The molecule has 0 aromatic heterocycles. The summed E-state index contributed by atoms with van der Waals surface area (Å²) in [7, 11) is -4.38. The molecule has 0 atom stereocenters. The zero-order valence-electron chi connectivity index (χ0n) is 7.02. The summed E-state index contributed by atoms with van der Waals surface area (Å²) in [5.41, 5.74) is 2.62. The summed E-state index contributed by atoms with van der Waals surface area (Å²) in [6.07, 6.45) is 0. The van der Waals surface area contributed by atoms with E-state index in [4.69, 9.17) is 5.84 Å². The van der Waals surface area contributed by atoms with E-state index < -0.39 is 10.1 Å². The van der Waals surface area contributed by atoms with Crippen LogP contribution >= 0.6 is 0 Å². The minimum atomic E-state index is -4.38. The average molecular weight is 226 g/mol. The maximum atomic E-state index is 10.5. The summed E-state index contributed by atoms with van der Waals surface area (Å²) in [6, 6.07) is 5.36. The zero-order valence-corrected chi connectivity index (χ0v) is 11.0. The number of rotatable bonds is 2. The first kappa shape index (κ1) is 13.5. The Labute approximate surface area is 119 Å². The van der Waals surface area contributed by atoms with Crippen molar-refractivity contribution in [1.82, 2.24) is 0 Å². The Hall–Kier alpha value is 0.526. The van der Waals surface area contributed by atoms with Gasteiger partial charge < -0.3 is 9.98 Å². The molecule has 0 spiro atoms. The van der Waals surface area contributed by atoms with Crippen molar-refractivity contribution in [2.45, 2.75) is 4.90 Å². The summed E-state index contributed by atoms with van der Waals surface area (Å²) < 4.78 is 31.4. The molecule has 3 N–H and O–H groups in total. The summed E-state index contributed by atoms with van der Waals surface area (Å²) in [6.45, 7) is 0. The molecule has 1 aromatic rings. The molecule has 0 aliphatic heterocycles. The Morgan fingerprint density at radius 1 is 1.38 bits per heavy atom. The van der Waals surface area contributed by atoms with Gasteiger partial charge in [0.05, 0.1) is 4.90 Å². The first-order valence-electron chi connectivity index (χ1n) is 3.06. The largest absolute Gasteiger partial charge is 1.00 e. The van der Waals surface area contributed by atoms with Crippen LogP contribution in [0.5, 0.6) is 0 Å². The van der Waals surface area contributed by atoms with Gasteiger partial charge in [-0.1, -0.05) is 6.07 Å². The first-order chi connectivity index (χ1) is 5.54. The topological polar surface area (TPSA) is 95.2 Å². The molecule has 0 saturated heterocycles. The molecule has 0 aliphatic carbocycles. The van der Waals surface area contributed by atoms with Gasteiger partial charge in [-0.2, -0.15) is 0 Å². The Balaban J connectivity index is 0.00000144. The number of benzene rings is 1. The Kier molecular flexibility index (Phi) is 5.64. The molecule has 0 fully saturated rings. The molecule has 0 amide bonds. The average Bonchev–Trinajstić information content (AvgIpc) is 2.03. The second-order valence-electron chi connectivity index (χ2n) is 2.13. The molecule has 0 bridgehead atoms. The maximum absolute atomic E-state index is 10.5. The van der Waals surface area contributed by atoms with Crippen LogP contribution in [0.15, 0.2) is 29.2 Å². The van der Waals surface area contributed by atoms with E-state index in [1.807, 2.05) is 0 Å². The summed E-state index contributed by atoms with van der Waals surface area (Å²) in [4.78, 5) is -0.294. The van der Waals surface area contributed by atoms with E-state index in [0.717, 1.165) is 0 Å². The second kappa shape index (κ2) is 5.42. The zero-order chi connectivity index (χ0) is 9.19. The van der Waals surface area contributed by atoms with E-state index in [-0.39, 0.29) is 56.3 Å². The third kappa shape index (κ3) is 4.04. The van der Waals surface area contributed by atoms with Crippen LogP contribution in [0.4, 0.5) is 5.69 Å². The molecule has 0 radical (unpaired) electrons. The molecule has 0 unspecified atom stereocenters. The van der Waals surface area contributed by atoms with E-state index in [9.17, 15) is 13.0 Å². The van der Waals surface area contributed by atoms with E-state index in [0.29, 0.717) is 5.69 Å². The molecule has 7 heteroatoms. The van der Waals surface area contributed by atoms with Crippen LogP contribution < -0.4 is 62.7 Å². The van der Waals surface area contributed by atoms with Crippen molar-refractivity contribution in [3.05, 3.63) is 24.3 Å². The third-order valence-corrected chi connectivity index (χ3v) is 2.12. The van der Waals surface area contributed by atoms with Crippen molar-refractivity contribution in [3.8, 4) is 0 Å². The van der Waals surface area contributed by atoms with Crippen molar-refractivity contribution in [2.75, 3.05) is 5.43 Å². The number of nitrogens with two attached hydrogens (primary N) is 1. The molecule has 0 aliphatic rings. The van der Waals surface area contributed by atoms with Crippen molar-refractivity contribution >= 4 is 15.8 Å². The van der Waals surface area contributed by atoms with E-state index in [2.05, 4.69) is 5.43 Å². The fraction of sp³-hybridized carbons (Fsp3) is 0. The van der Waals surface area contributed by atoms with Crippen LogP contribution in [0.1, 0.15) is 0 Å². The van der Waals surface area contributed by atoms with Gasteiger partial charge in [-0.3, -0.25) is 5.84 Å². The van der Waals surface area contributed by atoms with Gasteiger partial charge in [0.25, 0.3) is 0 Å².